The van der Waals surface area contributed by atoms with Crippen LogP contribution in [0.5, 0.6) is 5.75 Å². The van der Waals surface area contributed by atoms with Crippen LogP contribution in [0.3, 0.4) is 0 Å². The summed E-state index contributed by atoms with van der Waals surface area (Å²) in [6.45, 7) is 1.50. The number of aromatic nitrogens is 4. The third-order valence-corrected chi connectivity index (χ3v) is 5.52. The van der Waals surface area contributed by atoms with Crippen LogP contribution in [0.2, 0.25) is 0 Å². The number of imidazole rings is 1. The van der Waals surface area contributed by atoms with Crippen molar-refractivity contribution in [2.45, 2.75) is 18.9 Å². The van der Waals surface area contributed by atoms with Gasteiger partial charge in [0, 0.05) is 44.9 Å². The van der Waals surface area contributed by atoms with Gasteiger partial charge < -0.3 is 19.5 Å². The molecule has 1 N–H and O–H groups in total. The van der Waals surface area contributed by atoms with Gasteiger partial charge in [-0.05, 0) is 30.5 Å². The predicted molar refractivity (Wildman–Crippen MR) is 113 cm³/mol. The Morgan fingerprint density at radius 2 is 2.03 bits per heavy atom. The van der Waals surface area contributed by atoms with E-state index in [4.69, 9.17) is 4.74 Å². The highest BCUT2D eigenvalue weighted by Gasteiger charge is 2.30. The normalized spacial score (nSPS) is 17.4. The number of aryl methyl sites for hydroxylation is 1. The molecule has 1 amide bonds. The van der Waals surface area contributed by atoms with Gasteiger partial charge in [0.2, 0.25) is 5.91 Å². The van der Waals surface area contributed by atoms with Crippen molar-refractivity contribution in [1.82, 2.24) is 24.8 Å². The molecule has 1 fully saturated rings. The average molecular weight is 406 g/mol. The molecule has 2 aromatic heterocycles. The summed E-state index contributed by atoms with van der Waals surface area (Å²) in [7, 11) is 3.57. The largest absolute Gasteiger partial charge is 0.497 e. The first-order chi connectivity index (χ1) is 14.7. The second kappa shape index (κ2) is 8.94. The molecule has 8 nitrogen and oxygen atoms in total. The number of amides is 1. The predicted octanol–water partition coefficient (Wildman–Crippen LogP) is 2.34. The van der Waals surface area contributed by atoms with Gasteiger partial charge in [0.25, 0.3) is 0 Å². The third kappa shape index (κ3) is 4.27. The molecule has 2 atom stereocenters. The minimum atomic E-state index is -0.338. The molecular weight excluding hydrogens is 380 g/mol. The second-order valence-corrected chi connectivity index (χ2v) is 7.46. The van der Waals surface area contributed by atoms with E-state index >= 15 is 0 Å². The van der Waals surface area contributed by atoms with E-state index in [9.17, 15) is 4.79 Å². The monoisotopic (exact) mass is 406 g/mol. The standard InChI is InChI=1S/C22H26N6O2/c1-27-13-11-25-21(27)20(16-5-7-18(30-2)8-6-16)26-22(29)17-4-3-12-28(15-17)19-14-23-9-10-24-19/h5-11,13-14,17,20H,3-4,12,15H2,1-2H3,(H,26,29)/t17-,20-/m0/s1. The summed E-state index contributed by atoms with van der Waals surface area (Å²) in [6, 6.07) is 7.38. The van der Waals surface area contributed by atoms with Gasteiger partial charge >= 0.3 is 0 Å². The average Bonchev–Trinajstić information content (AvgIpc) is 3.23. The maximum absolute atomic E-state index is 13.3. The molecule has 8 heteroatoms. The summed E-state index contributed by atoms with van der Waals surface area (Å²) >= 11 is 0. The van der Waals surface area contributed by atoms with E-state index in [1.54, 1.807) is 31.9 Å². The first-order valence-corrected chi connectivity index (χ1v) is 10.1. The van der Waals surface area contributed by atoms with Crippen molar-refractivity contribution in [1.29, 1.82) is 0 Å². The van der Waals surface area contributed by atoms with Gasteiger partial charge in [-0.15, -0.1) is 0 Å². The molecule has 4 rings (SSSR count). The Balaban J connectivity index is 1.53. The van der Waals surface area contributed by atoms with Crippen molar-refractivity contribution in [3.63, 3.8) is 0 Å². The number of methoxy groups -OCH3 is 1. The Morgan fingerprint density at radius 3 is 2.70 bits per heavy atom. The lowest BCUT2D eigenvalue weighted by Crippen LogP contribution is -2.44. The highest BCUT2D eigenvalue weighted by atomic mass is 16.5. The summed E-state index contributed by atoms with van der Waals surface area (Å²) in [6.07, 6.45) is 10.5. The maximum atomic E-state index is 13.3. The number of carbonyl (C=O) groups excluding carboxylic acids is 1. The number of ether oxygens (including phenoxy) is 1. The zero-order valence-electron chi connectivity index (χ0n) is 17.2. The lowest BCUT2D eigenvalue weighted by molar-refractivity contribution is -0.125. The van der Waals surface area contributed by atoms with Crippen molar-refractivity contribution in [3.8, 4) is 5.75 Å². The van der Waals surface area contributed by atoms with Crippen LogP contribution in [-0.4, -0.2) is 45.6 Å². The summed E-state index contributed by atoms with van der Waals surface area (Å²) in [4.78, 5) is 28.4. The number of hydrogen-bond donors (Lipinski definition) is 1. The lowest BCUT2D eigenvalue weighted by Gasteiger charge is -2.33. The number of anilines is 1. The Labute approximate surface area is 175 Å². The molecule has 0 bridgehead atoms. The molecule has 0 unspecified atom stereocenters. The third-order valence-electron chi connectivity index (χ3n) is 5.52. The zero-order chi connectivity index (χ0) is 20.9. The van der Waals surface area contributed by atoms with E-state index in [-0.39, 0.29) is 17.9 Å². The van der Waals surface area contributed by atoms with Gasteiger partial charge in [-0.1, -0.05) is 12.1 Å². The van der Waals surface area contributed by atoms with E-state index in [1.807, 2.05) is 42.1 Å². The maximum Gasteiger partial charge on any atom is 0.225 e. The van der Waals surface area contributed by atoms with Crippen LogP contribution in [0, 0.1) is 5.92 Å². The smallest absolute Gasteiger partial charge is 0.225 e. The van der Waals surface area contributed by atoms with Crippen molar-refractivity contribution in [2.24, 2.45) is 13.0 Å². The van der Waals surface area contributed by atoms with Crippen LogP contribution in [0.25, 0.3) is 0 Å². The van der Waals surface area contributed by atoms with Crippen molar-refractivity contribution in [2.75, 3.05) is 25.1 Å². The van der Waals surface area contributed by atoms with Crippen LogP contribution < -0.4 is 15.0 Å². The molecule has 0 radical (unpaired) electrons. The Morgan fingerprint density at radius 1 is 1.20 bits per heavy atom. The number of rotatable bonds is 6. The fourth-order valence-electron chi connectivity index (χ4n) is 3.86. The topological polar surface area (TPSA) is 85.2 Å². The summed E-state index contributed by atoms with van der Waals surface area (Å²) in [5, 5.41) is 3.23. The quantitative estimate of drug-likeness (QED) is 0.676. The highest BCUT2D eigenvalue weighted by molar-refractivity contribution is 5.80. The van der Waals surface area contributed by atoms with Gasteiger partial charge in [-0.3, -0.25) is 9.78 Å². The van der Waals surface area contributed by atoms with Crippen LogP contribution in [0.15, 0.2) is 55.2 Å². The minimum absolute atomic E-state index is 0.0207. The Bertz CT molecular complexity index is 973. The van der Waals surface area contributed by atoms with Gasteiger partial charge in [0.1, 0.15) is 23.4 Å². The Hall–Kier alpha value is -3.42. The molecular formula is C22H26N6O2. The van der Waals surface area contributed by atoms with Gasteiger partial charge in [-0.2, -0.15) is 0 Å². The number of nitrogens with zero attached hydrogens (tertiary/aromatic N) is 5. The molecule has 30 heavy (non-hydrogen) atoms. The molecule has 1 saturated heterocycles. The number of carbonyl (C=O) groups is 1. The molecule has 1 aliphatic heterocycles. The van der Waals surface area contributed by atoms with Crippen LogP contribution in [0.4, 0.5) is 5.82 Å². The number of nitrogens with one attached hydrogen (secondary N) is 1. The van der Waals surface area contributed by atoms with Crippen LogP contribution in [-0.2, 0) is 11.8 Å². The first kappa shape index (κ1) is 19.9. The van der Waals surface area contributed by atoms with Gasteiger partial charge in [0.15, 0.2) is 0 Å². The zero-order valence-corrected chi connectivity index (χ0v) is 17.2. The summed E-state index contributed by atoms with van der Waals surface area (Å²) in [5.74, 6) is 2.27. The second-order valence-electron chi connectivity index (χ2n) is 7.46. The fraction of sp³-hybridized carbons (Fsp3) is 0.364. The van der Waals surface area contributed by atoms with Crippen LogP contribution in [0.1, 0.15) is 30.3 Å². The van der Waals surface area contributed by atoms with Crippen molar-refractivity contribution in [3.05, 3.63) is 66.6 Å². The SMILES string of the molecule is COc1ccc([C@H](NC(=O)[C@H]2CCCN(c3cnccn3)C2)c2nccn2C)cc1. The lowest BCUT2D eigenvalue weighted by atomic mass is 9.96. The van der Waals surface area contributed by atoms with E-state index in [0.717, 1.165) is 42.3 Å². The molecule has 1 aliphatic rings. The number of benzene rings is 1. The molecule has 0 saturated carbocycles. The first-order valence-electron chi connectivity index (χ1n) is 10.1. The molecule has 3 heterocycles. The fourth-order valence-corrected chi connectivity index (χ4v) is 3.86. The van der Waals surface area contributed by atoms with Gasteiger partial charge in [-0.25, -0.2) is 9.97 Å². The van der Waals surface area contributed by atoms with Crippen molar-refractivity contribution < 1.29 is 9.53 Å². The highest BCUT2D eigenvalue weighted by Crippen LogP contribution is 2.26. The van der Waals surface area contributed by atoms with E-state index in [1.165, 1.54) is 0 Å². The Kier molecular flexibility index (Phi) is 5.92. The number of hydrogen-bond acceptors (Lipinski definition) is 6. The number of piperidine rings is 1. The summed E-state index contributed by atoms with van der Waals surface area (Å²) < 4.78 is 7.20. The van der Waals surface area contributed by atoms with Crippen LogP contribution >= 0.6 is 0 Å². The van der Waals surface area contributed by atoms with Gasteiger partial charge in [0.05, 0.1) is 19.2 Å². The molecule has 156 valence electrons. The molecule has 1 aromatic carbocycles. The van der Waals surface area contributed by atoms with E-state index < -0.39 is 0 Å². The van der Waals surface area contributed by atoms with E-state index in [2.05, 4.69) is 25.2 Å². The summed E-state index contributed by atoms with van der Waals surface area (Å²) in [5.41, 5.74) is 0.958. The molecule has 3 aromatic rings. The van der Waals surface area contributed by atoms with Crippen molar-refractivity contribution >= 4 is 11.7 Å². The van der Waals surface area contributed by atoms with E-state index in [0.29, 0.717) is 6.54 Å². The minimum Gasteiger partial charge on any atom is -0.497 e. The molecule has 0 spiro atoms. The molecule has 0 aliphatic carbocycles.